The molecule has 0 radical (unpaired) electrons. The van der Waals surface area contributed by atoms with E-state index in [0.717, 1.165) is 18.5 Å². The van der Waals surface area contributed by atoms with Gasteiger partial charge in [0.05, 0.1) is 11.8 Å². The molecule has 0 spiro atoms. The lowest BCUT2D eigenvalue weighted by Crippen LogP contribution is -2.42. The minimum absolute atomic E-state index is 0.0503. The summed E-state index contributed by atoms with van der Waals surface area (Å²) in [4.78, 5) is 18.0. The van der Waals surface area contributed by atoms with Crippen LogP contribution in [0.25, 0.3) is 5.69 Å². The van der Waals surface area contributed by atoms with Crippen molar-refractivity contribution in [3.05, 3.63) is 42.5 Å². The van der Waals surface area contributed by atoms with Crippen LogP contribution in [0.3, 0.4) is 0 Å². The number of amides is 1. The van der Waals surface area contributed by atoms with Crippen molar-refractivity contribution in [1.82, 2.24) is 19.7 Å². The van der Waals surface area contributed by atoms with Gasteiger partial charge in [0.25, 0.3) is 5.91 Å². The first-order valence-electron chi connectivity index (χ1n) is 6.66. The third-order valence-electron chi connectivity index (χ3n) is 3.46. The third kappa shape index (κ3) is 2.55. The molecule has 1 N–H and O–H groups in total. The fourth-order valence-corrected chi connectivity index (χ4v) is 2.44. The number of aliphatic hydroxyl groups excluding tert-OH is 1. The van der Waals surface area contributed by atoms with Crippen molar-refractivity contribution in [1.29, 1.82) is 0 Å². The molecule has 3 rings (SSSR count). The van der Waals surface area contributed by atoms with Gasteiger partial charge in [-0.1, -0.05) is 6.07 Å². The molecule has 1 amide bonds. The van der Waals surface area contributed by atoms with Crippen LogP contribution in [-0.2, 0) is 0 Å². The first kappa shape index (κ1) is 12.8. The van der Waals surface area contributed by atoms with Crippen LogP contribution in [0.2, 0.25) is 0 Å². The zero-order valence-electron chi connectivity index (χ0n) is 11.0. The molecular weight excluding hydrogens is 256 g/mol. The maximum absolute atomic E-state index is 12.4. The molecule has 1 aliphatic rings. The van der Waals surface area contributed by atoms with Gasteiger partial charge in [0.15, 0.2) is 0 Å². The smallest absolute Gasteiger partial charge is 0.254 e. The number of aliphatic hydroxyl groups is 1. The fourth-order valence-electron chi connectivity index (χ4n) is 2.44. The Balaban J connectivity index is 1.83. The van der Waals surface area contributed by atoms with Crippen molar-refractivity contribution in [2.24, 2.45) is 0 Å². The number of nitrogens with zero attached hydrogens (tertiary/aromatic N) is 4. The summed E-state index contributed by atoms with van der Waals surface area (Å²) in [6.07, 6.45) is 4.24. The SMILES string of the molecule is O=C(c1cccc(-n2cncn2)c1)N1CCCC(O)C1. The molecule has 1 aliphatic heterocycles. The summed E-state index contributed by atoms with van der Waals surface area (Å²) < 4.78 is 1.61. The molecule has 1 unspecified atom stereocenters. The van der Waals surface area contributed by atoms with Gasteiger partial charge >= 0.3 is 0 Å². The highest BCUT2D eigenvalue weighted by Gasteiger charge is 2.23. The molecule has 2 aromatic rings. The van der Waals surface area contributed by atoms with Crippen molar-refractivity contribution < 1.29 is 9.90 Å². The average molecular weight is 272 g/mol. The molecule has 104 valence electrons. The van der Waals surface area contributed by atoms with Gasteiger partial charge in [-0.15, -0.1) is 0 Å². The zero-order valence-corrected chi connectivity index (χ0v) is 11.0. The molecule has 2 heterocycles. The van der Waals surface area contributed by atoms with Gasteiger partial charge < -0.3 is 10.0 Å². The molecule has 6 heteroatoms. The van der Waals surface area contributed by atoms with Crippen LogP contribution in [0.5, 0.6) is 0 Å². The summed E-state index contributed by atoms with van der Waals surface area (Å²) in [6, 6.07) is 7.27. The van der Waals surface area contributed by atoms with Gasteiger partial charge in [-0.2, -0.15) is 5.10 Å². The van der Waals surface area contributed by atoms with E-state index in [1.807, 2.05) is 12.1 Å². The van der Waals surface area contributed by atoms with Crippen LogP contribution in [0.15, 0.2) is 36.9 Å². The normalized spacial score (nSPS) is 19.1. The van der Waals surface area contributed by atoms with Crippen molar-refractivity contribution in [2.45, 2.75) is 18.9 Å². The van der Waals surface area contributed by atoms with Gasteiger partial charge in [0.2, 0.25) is 0 Å². The lowest BCUT2D eigenvalue weighted by molar-refractivity contribution is 0.0474. The van der Waals surface area contributed by atoms with Gasteiger partial charge in [0.1, 0.15) is 12.7 Å². The lowest BCUT2D eigenvalue weighted by Gasteiger charge is -2.30. The molecule has 20 heavy (non-hydrogen) atoms. The summed E-state index contributed by atoms with van der Waals surface area (Å²) in [5, 5.41) is 13.7. The lowest BCUT2D eigenvalue weighted by atomic mass is 10.1. The Morgan fingerprint density at radius 2 is 2.30 bits per heavy atom. The van der Waals surface area contributed by atoms with Crippen molar-refractivity contribution in [3.63, 3.8) is 0 Å². The Morgan fingerprint density at radius 3 is 3.05 bits per heavy atom. The number of carbonyl (C=O) groups is 1. The summed E-state index contributed by atoms with van der Waals surface area (Å²) in [5.41, 5.74) is 1.40. The standard InChI is InChI=1S/C14H16N4O2/c19-13-5-2-6-17(8-13)14(20)11-3-1-4-12(7-11)18-10-15-9-16-18/h1,3-4,7,9-10,13,19H,2,5-6,8H2. The number of β-amino-alcohol motifs (C(OH)–C–C–N with tert-alkyl or cyclic N) is 1. The van der Waals surface area contributed by atoms with Crippen LogP contribution in [-0.4, -0.2) is 49.9 Å². The maximum Gasteiger partial charge on any atom is 0.254 e. The molecule has 6 nitrogen and oxygen atoms in total. The molecule has 0 aliphatic carbocycles. The average Bonchev–Trinajstić information content (AvgIpc) is 3.01. The van der Waals surface area contributed by atoms with E-state index in [4.69, 9.17) is 0 Å². The van der Waals surface area contributed by atoms with Crippen molar-refractivity contribution >= 4 is 5.91 Å². The number of hydrogen-bond donors (Lipinski definition) is 1. The highest BCUT2D eigenvalue weighted by atomic mass is 16.3. The Bertz CT molecular complexity index is 597. The minimum Gasteiger partial charge on any atom is -0.391 e. The Hall–Kier alpha value is -2.21. The largest absolute Gasteiger partial charge is 0.391 e. The zero-order chi connectivity index (χ0) is 13.9. The third-order valence-corrected chi connectivity index (χ3v) is 3.46. The molecule has 1 aromatic heterocycles. The topological polar surface area (TPSA) is 71.2 Å². The fraction of sp³-hybridized carbons (Fsp3) is 0.357. The molecular formula is C14H16N4O2. The summed E-state index contributed by atoms with van der Waals surface area (Å²) >= 11 is 0. The number of benzene rings is 1. The van der Waals surface area contributed by atoms with Gasteiger partial charge in [0, 0.05) is 18.7 Å². The van der Waals surface area contributed by atoms with Crippen LogP contribution in [0.4, 0.5) is 0 Å². The van der Waals surface area contributed by atoms with E-state index in [1.165, 1.54) is 6.33 Å². The van der Waals surface area contributed by atoms with Crippen molar-refractivity contribution in [3.8, 4) is 5.69 Å². The molecule has 1 aromatic carbocycles. The predicted octanol–water partition coefficient (Wildman–Crippen LogP) is 0.864. The molecule has 0 saturated carbocycles. The quantitative estimate of drug-likeness (QED) is 0.880. The first-order chi connectivity index (χ1) is 9.74. The van der Waals surface area contributed by atoms with E-state index in [0.29, 0.717) is 18.7 Å². The van der Waals surface area contributed by atoms with Crippen LogP contribution in [0, 0.1) is 0 Å². The number of hydrogen-bond acceptors (Lipinski definition) is 4. The van der Waals surface area contributed by atoms with Gasteiger partial charge in [-0.25, -0.2) is 9.67 Å². The van der Waals surface area contributed by atoms with Gasteiger partial charge in [-0.05, 0) is 31.0 Å². The summed E-state index contributed by atoms with van der Waals surface area (Å²) in [7, 11) is 0. The predicted molar refractivity (Wildman–Crippen MR) is 72.5 cm³/mol. The maximum atomic E-state index is 12.4. The van der Waals surface area contributed by atoms with Crippen LogP contribution in [0.1, 0.15) is 23.2 Å². The first-order valence-corrected chi connectivity index (χ1v) is 6.66. The minimum atomic E-state index is -0.411. The molecule has 0 bridgehead atoms. The Kier molecular flexibility index (Phi) is 3.47. The van der Waals surface area contributed by atoms with Gasteiger partial charge in [-0.3, -0.25) is 4.79 Å². The molecule has 1 fully saturated rings. The summed E-state index contributed by atoms with van der Waals surface area (Å²) in [5.74, 6) is -0.0503. The number of aromatic nitrogens is 3. The number of piperidine rings is 1. The molecule has 1 atom stereocenters. The monoisotopic (exact) mass is 272 g/mol. The Labute approximate surface area is 116 Å². The second-order valence-corrected chi connectivity index (χ2v) is 4.94. The highest BCUT2D eigenvalue weighted by molar-refractivity contribution is 5.94. The number of likely N-dealkylation sites (tertiary alicyclic amines) is 1. The number of carbonyl (C=O) groups excluding carboxylic acids is 1. The van der Waals surface area contributed by atoms with E-state index in [-0.39, 0.29) is 5.91 Å². The highest BCUT2D eigenvalue weighted by Crippen LogP contribution is 2.16. The second-order valence-electron chi connectivity index (χ2n) is 4.94. The number of rotatable bonds is 2. The summed E-state index contributed by atoms with van der Waals surface area (Å²) in [6.45, 7) is 1.11. The van der Waals surface area contributed by atoms with E-state index in [2.05, 4.69) is 10.1 Å². The van der Waals surface area contributed by atoms with Crippen LogP contribution < -0.4 is 0 Å². The van der Waals surface area contributed by atoms with E-state index in [1.54, 1.807) is 28.0 Å². The van der Waals surface area contributed by atoms with Crippen molar-refractivity contribution in [2.75, 3.05) is 13.1 Å². The van der Waals surface area contributed by atoms with E-state index in [9.17, 15) is 9.90 Å². The van der Waals surface area contributed by atoms with E-state index >= 15 is 0 Å². The Morgan fingerprint density at radius 1 is 1.40 bits per heavy atom. The van der Waals surface area contributed by atoms with Crippen LogP contribution >= 0.6 is 0 Å². The second kappa shape index (κ2) is 5.42. The van der Waals surface area contributed by atoms with E-state index < -0.39 is 6.10 Å². The molecule has 1 saturated heterocycles.